The highest BCUT2D eigenvalue weighted by Gasteiger charge is 2.24. The molecule has 0 saturated carbocycles. The van der Waals surface area contributed by atoms with Gasteiger partial charge in [-0.05, 0) is 30.3 Å². The number of carbonyl (C=O) groups is 1. The summed E-state index contributed by atoms with van der Waals surface area (Å²) in [7, 11) is -2.79. The number of benzene rings is 2. The van der Waals surface area contributed by atoms with E-state index in [1.807, 2.05) is 0 Å². The van der Waals surface area contributed by atoms with Crippen LogP contribution in [-0.2, 0) is 14.8 Å². The SMILES string of the molecule is CN(CC(=O)Nc1c(Cl)cccc1Cl)S(=O)(=O)c1cccc(F)c1. The van der Waals surface area contributed by atoms with Gasteiger partial charge in [0.1, 0.15) is 5.82 Å². The van der Waals surface area contributed by atoms with Gasteiger partial charge in [-0.15, -0.1) is 0 Å². The van der Waals surface area contributed by atoms with Crippen LogP contribution >= 0.6 is 23.2 Å². The molecule has 0 radical (unpaired) electrons. The summed E-state index contributed by atoms with van der Waals surface area (Å²) in [5, 5.41) is 2.92. The number of rotatable bonds is 5. The first kappa shape index (κ1) is 18.7. The highest BCUT2D eigenvalue weighted by molar-refractivity contribution is 7.89. The Morgan fingerprint density at radius 3 is 2.33 bits per heavy atom. The highest BCUT2D eigenvalue weighted by Crippen LogP contribution is 2.29. The van der Waals surface area contributed by atoms with Crippen LogP contribution in [0.3, 0.4) is 0 Å². The van der Waals surface area contributed by atoms with Crippen LogP contribution in [-0.4, -0.2) is 32.2 Å². The Balaban J connectivity index is 2.14. The van der Waals surface area contributed by atoms with Crippen molar-refractivity contribution in [3.8, 4) is 0 Å². The van der Waals surface area contributed by atoms with Gasteiger partial charge in [0, 0.05) is 7.05 Å². The van der Waals surface area contributed by atoms with Gasteiger partial charge in [-0.1, -0.05) is 35.3 Å². The Bertz CT molecular complexity index is 855. The Hall–Kier alpha value is -1.67. The standard InChI is InChI=1S/C15H13Cl2FN2O3S/c1-20(24(22,23)11-5-2-4-10(18)8-11)9-14(21)19-15-12(16)6-3-7-13(15)17/h2-8H,9H2,1H3,(H,19,21). The summed E-state index contributed by atoms with van der Waals surface area (Å²) in [5.41, 5.74) is 0.197. The third kappa shape index (κ3) is 4.24. The fourth-order valence-corrected chi connectivity index (χ4v) is 3.54. The van der Waals surface area contributed by atoms with Crippen molar-refractivity contribution in [2.45, 2.75) is 4.90 Å². The number of amides is 1. The molecule has 0 aliphatic carbocycles. The molecule has 0 aliphatic heterocycles. The summed E-state index contributed by atoms with van der Waals surface area (Å²) >= 11 is 11.9. The van der Waals surface area contributed by atoms with E-state index in [0.717, 1.165) is 16.4 Å². The average Bonchev–Trinajstić information content (AvgIpc) is 2.51. The zero-order chi connectivity index (χ0) is 17.9. The lowest BCUT2D eigenvalue weighted by atomic mass is 10.3. The minimum Gasteiger partial charge on any atom is -0.322 e. The second kappa shape index (κ2) is 7.48. The third-order valence-electron chi connectivity index (χ3n) is 3.10. The molecule has 0 bridgehead atoms. The largest absolute Gasteiger partial charge is 0.322 e. The molecule has 2 aromatic rings. The van der Waals surface area contributed by atoms with Crippen molar-refractivity contribution in [2.75, 3.05) is 18.9 Å². The van der Waals surface area contributed by atoms with E-state index in [9.17, 15) is 17.6 Å². The van der Waals surface area contributed by atoms with Crippen LogP contribution in [0, 0.1) is 5.82 Å². The molecule has 9 heteroatoms. The average molecular weight is 391 g/mol. The lowest BCUT2D eigenvalue weighted by Gasteiger charge is -2.17. The Morgan fingerprint density at radius 2 is 1.75 bits per heavy atom. The van der Waals surface area contributed by atoms with Crippen molar-refractivity contribution < 1.29 is 17.6 Å². The predicted molar refractivity (Wildman–Crippen MR) is 91.3 cm³/mol. The lowest BCUT2D eigenvalue weighted by Crippen LogP contribution is -2.35. The van der Waals surface area contributed by atoms with E-state index in [-0.39, 0.29) is 20.6 Å². The molecule has 0 spiro atoms. The topological polar surface area (TPSA) is 66.5 Å². The van der Waals surface area contributed by atoms with Crippen LogP contribution in [0.4, 0.5) is 10.1 Å². The fourth-order valence-electron chi connectivity index (χ4n) is 1.89. The number of likely N-dealkylation sites (N-methyl/N-ethyl adjacent to an activating group) is 1. The van der Waals surface area contributed by atoms with E-state index < -0.39 is 28.3 Å². The van der Waals surface area contributed by atoms with Crippen LogP contribution in [0.15, 0.2) is 47.4 Å². The van der Waals surface area contributed by atoms with Gasteiger partial charge >= 0.3 is 0 Å². The molecule has 1 amide bonds. The van der Waals surface area contributed by atoms with Gasteiger partial charge in [0.25, 0.3) is 0 Å². The maximum absolute atomic E-state index is 13.2. The summed E-state index contributed by atoms with van der Waals surface area (Å²) in [6, 6.07) is 9.23. The Kier molecular flexibility index (Phi) is 5.82. The van der Waals surface area contributed by atoms with E-state index in [0.29, 0.717) is 0 Å². The summed E-state index contributed by atoms with van der Waals surface area (Å²) in [6.45, 7) is -0.486. The normalized spacial score (nSPS) is 11.5. The van der Waals surface area contributed by atoms with E-state index in [1.165, 1.54) is 31.3 Å². The van der Waals surface area contributed by atoms with Crippen molar-refractivity contribution in [3.63, 3.8) is 0 Å². The summed E-state index contributed by atoms with van der Waals surface area (Å²) in [4.78, 5) is 11.8. The first-order chi connectivity index (χ1) is 11.2. The molecular formula is C15H13Cl2FN2O3S. The van der Waals surface area contributed by atoms with Crippen molar-refractivity contribution in [2.24, 2.45) is 0 Å². The number of hydrogen-bond donors (Lipinski definition) is 1. The van der Waals surface area contributed by atoms with E-state index >= 15 is 0 Å². The fraction of sp³-hybridized carbons (Fsp3) is 0.133. The Morgan fingerprint density at radius 1 is 1.17 bits per heavy atom. The number of hydrogen-bond acceptors (Lipinski definition) is 3. The van der Waals surface area contributed by atoms with Gasteiger partial charge in [-0.3, -0.25) is 4.79 Å². The lowest BCUT2D eigenvalue weighted by molar-refractivity contribution is -0.116. The predicted octanol–water partition coefficient (Wildman–Crippen LogP) is 3.39. The number of para-hydroxylation sites is 1. The van der Waals surface area contributed by atoms with Crippen molar-refractivity contribution in [3.05, 3.63) is 58.3 Å². The van der Waals surface area contributed by atoms with Crippen LogP contribution in [0.2, 0.25) is 10.0 Å². The molecule has 0 unspecified atom stereocenters. The molecule has 2 rings (SSSR count). The minimum atomic E-state index is -4.00. The first-order valence-corrected chi connectivity index (χ1v) is 8.87. The zero-order valence-corrected chi connectivity index (χ0v) is 14.8. The number of carbonyl (C=O) groups excluding carboxylic acids is 1. The van der Waals surface area contributed by atoms with Gasteiger partial charge in [-0.25, -0.2) is 12.8 Å². The molecule has 0 atom stereocenters. The van der Waals surface area contributed by atoms with Crippen LogP contribution < -0.4 is 5.32 Å². The quantitative estimate of drug-likeness (QED) is 0.850. The number of halogens is 3. The smallest absolute Gasteiger partial charge is 0.243 e. The molecule has 2 aromatic carbocycles. The highest BCUT2D eigenvalue weighted by atomic mass is 35.5. The molecule has 0 aromatic heterocycles. The summed E-state index contributed by atoms with van der Waals surface area (Å²) in [5.74, 6) is -1.32. The van der Waals surface area contributed by atoms with Crippen LogP contribution in [0.1, 0.15) is 0 Å². The number of nitrogens with one attached hydrogen (secondary N) is 1. The van der Waals surface area contributed by atoms with Gasteiger partial charge in [0.15, 0.2) is 0 Å². The van der Waals surface area contributed by atoms with Crippen LogP contribution in [0.5, 0.6) is 0 Å². The zero-order valence-electron chi connectivity index (χ0n) is 12.5. The molecule has 128 valence electrons. The first-order valence-electron chi connectivity index (χ1n) is 6.67. The maximum Gasteiger partial charge on any atom is 0.243 e. The van der Waals surface area contributed by atoms with E-state index in [4.69, 9.17) is 23.2 Å². The van der Waals surface area contributed by atoms with Crippen molar-refractivity contribution in [1.29, 1.82) is 0 Å². The van der Waals surface area contributed by atoms with E-state index in [1.54, 1.807) is 6.07 Å². The molecular weight excluding hydrogens is 378 g/mol. The molecule has 5 nitrogen and oxygen atoms in total. The third-order valence-corrected chi connectivity index (χ3v) is 5.53. The number of nitrogens with zero attached hydrogens (tertiary/aromatic N) is 1. The Labute approximate surface area is 149 Å². The second-order valence-corrected chi connectivity index (χ2v) is 7.72. The molecule has 0 fully saturated rings. The van der Waals surface area contributed by atoms with Gasteiger partial charge in [0.2, 0.25) is 15.9 Å². The van der Waals surface area contributed by atoms with Crippen LogP contribution in [0.25, 0.3) is 0 Å². The minimum absolute atomic E-state index is 0.197. The monoisotopic (exact) mass is 390 g/mol. The van der Waals surface area contributed by atoms with Gasteiger partial charge < -0.3 is 5.32 Å². The molecule has 0 aliphatic rings. The second-order valence-electron chi connectivity index (χ2n) is 4.86. The molecule has 24 heavy (non-hydrogen) atoms. The van der Waals surface area contributed by atoms with E-state index in [2.05, 4.69) is 5.32 Å². The number of sulfonamides is 1. The molecule has 0 heterocycles. The molecule has 0 saturated heterocycles. The van der Waals surface area contributed by atoms with Gasteiger partial charge in [-0.2, -0.15) is 4.31 Å². The van der Waals surface area contributed by atoms with Crippen molar-refractivity contribution >= 4 is 44.8 Å². The van der Waals surface area contributed by atoms with Crippen molar-refractivity contribution in [1.82, 2.24) is 4.31 Å². The molecule has 1 N–H and O–H groups in total. The number of anilines is 1. The maximum atomic E-state index is 13.2. The summed E-state index contributed by atoms with van der Waals surface area (Å²) in [6.07, 6.45) is 0. The summed E-state index contributed by atoms with van der Waals surface area (Å²) < 4.78 is 38.7. The van der Waals surface area contributed by atoms with Gasteiger partial charge in [0.05, 0.1) is 27.2 Å².